The van der Waals surface area contributed by atoms with Gasteiger partial charge >= 0.3 is 0 Å². The van der Waals surface area contributed by atoms with Crippen LogP contribution in [0.1, 0.15) is 11.1 Å². The van der Waals surface area contributed by atoms with Crippen molar-refractivity contribution in [2.45, 2.75) is 0 Å². The van der Waals surface area contributed by atoms with E-state index in [1.165, 1.54) is 0 Å². The molecule has 0 bridgehead atoms. The van der Waals surface area contributed by atoms with Gasteiger partial charge in [0.25, 0.3) is 0 Å². The number of nitrogens with one attached hydrogen (secondary N) is 1. The van der Waals surface area contributed by atoms with Gasteiger partial charge in [0.1, 0.15) is 5.75 Å². The van der Waals surface area contributed by atoms with E-state index in [1.54, 1.807) is 7.11 Å². The molecule has 2 aromatic rings. The predicted molar refractivity (Wildman–Crippen MR) is 73.1 cm³/mol. The molecule has 0 amide bonds. The Labute approximate surface area is 109 Å². The molecule has 0 radical (unpaired) electrons. The van der Waals surface area contributed by atoms with Gasteiger partial charge in [-0.2, -0.15) is 0 Å². The van der Waals surface area contributed by atoms with E-state index in [4.69, 9.17) is 10.1 Å². The summed E-state index contributed by atoms with van der Waals surface area (Å²) in [5.41, 5.74) is 2.26. The Balaban J connectivity index is 2.34. The zero-order valence-corrected chi connectivity index (χ0v) is 11.0. The largest absolute Gasteiger partial charge is 0.497 e. The van der Waals surface area contributed by atoms with Gasteiger partial charge in [-0.15, -0.1) is 0 Å². The molecule has 0 saturated heterocycles. The zero-order chi connectivity index (χ0) is 12.3. The average Bonchev–Trinajstić information content (AvgIpc) is 2.39. The van der Waals surface area contributed by atoms with Gasteiger partial charge in [0.2, 0.25) is 0 Å². The van der Waals surface area contributed by atoms with Gasteiger partial charge in [0.05, 0.1) is 12.8 Å². The third kappa shape index (κ3) is 2.56. The van der Waals surface area contributed by atoms with Crippen LogP contribution in [0.15, 0.2) is 53.0 Å². The Kier molecular flexibility index (Phi) is 3.59. The van der Waals surface area contributed by atoms with E-state index < -0.39 is 0 Å². The van der Waals surface area contributed by atoms with Crippen LogP contribution in [-0.4, -0.2) is 12.8 Å². The molecule has 2 nitrogen and oxygen atoms in total. The van der Waals surface area contributed by atoms with Gasteiger partial charge in [-0.1, -0.05) is 34.1 Å². The summed E-state index contributed by atoms with van der Waals surface area (Å²) < 4.78 is 6.03. The number of hydrogen-bond acceptors (Lipinski definition) is 2. The Morgan fingerprint density at radius 2 is 1.71 bits per heavy atom. The first kappa shape index (κ1) is 11.9. The molecule has 0 unspecified atom stereocenters. The van der Waals surface area contributed by atoms with Crippen molar-refractivity contribution < 1.29 is 4.74 Å². The second kappa shape index (κ2) is 5.15. The monoisotopic (exact) mass is 289 g/mol. The van der Waals surface area contributed by atoms with Crippen LogP contribution in [0.4, 0.5) is 0 Å². The van der Waals surface area contributed by atoms with E-state index in [0.717, 1.165) is 21.3 Å². The summed E-state index contributed by atoms with van der Waals surface area (Å²) in [7, 11) is 1.63. The van der Waals surface area contributed by atoms with Crippen molar-refractivity contribution >= 4 is 21.6 Å². The summed E-state index contributed by atoms with van der Waals surface area (Å²) >= 11 is 3.46. The van der Waals surface area contributed by atoms with Crippen LogP contribution in [0, 0.1) is 5.41 Å². The second-order valence-electron chi connectivity index (χ2n) is 3.58. The SMILES string of the molecule is COc1ccc(C(=N)c2ccccc2Br)cc1. The molecule has 0 aliphatic heterocycles. The predicted octanol–water partition coefficient (Wildman–Crippen LogP) is 3.87. The lowest BCUT2D eigenvalue weighted by Crippen LogP contribution is -2.02. The minimum atomic E-state index is 0.500. The smallest absolute Gasteiger partial charge is 0.118 e. The van der Waals surface area contributed by atoms with E-state index in [2.05, 4.69) is 15.9 Å². The lowest BCUT2D eigenvalue weighted by Gasteiger charge is -2.07. The fourth-order valence-corrected chi connectivity index (χ4v) is 2.06. The van der Waals surface area contributed by atoms with Gasteiger partial charge in [-0.25, -0.2) is 0 Å². The Morgan fingerprint density at radius 3 is 2.29 bits per heavy atom. The summed E-state index contributed by atoms with van der Waals surface area (Å²) in [4.78, 5) is 0. The third-order valence-electron chi connectivity index (χ3n) is 2.52. The molecule has 0 spiro atoms. The van der Waals surface area contributed by atoms with E-state index in [-0.39, 0.29) is 0 Å². The minimum Gasteiger partial charge on any atom is -0.497 e. The molecule has 0 aliphatic rings. The maximum Gasteiger partial charge on any atom is 0.118 e. The molecule has 1 N–H and O–H groups in total. The van der Waals surface area contributed by atoms with E-state index in [9.17, 15) is 0 Å². The molecule has 0 aromatic heterocycles. The fourth-order valence-electron chi connectivity index (χ4n) is 1.58. The Hall–Kier alpha value is -1.61. The number of hydrogen-bond donors (Lipinski definition) is 1. The van der Waals surface area contributed by atoms with E-state index >= 15 is 0 Å². The van der Waals surface area contributed by atoms with Gasteiger partial charge in [-0.05, 0) is 30.3 Å². The summed E-state index contributed by atoms with van der Waals surface area (Å²) in [5, 5.41) is 8.17. The van der Waals surface area contributed by atoms with Crippen molar-refractivity contribution in [3.05, 3.63) is 64.1 Å². The number of ether oxygens (including phenoxy) is 1. The first-order valence-corrected chi connectivity index (χ1v) is 5.99. The molecule has 0 saturated carbocycles. The van der Waals surface area contributed by atoms with Crippen molar-refractivity contribution in [3.8, 4) is 5.75 Å². The lowest BCUT2D eigenvalue weighted by atomic mass is 10.0. The van der Waals surface area contributed by atoms with Crippen LogP contribution >= 0.6 is 15.9 Å². The minimum absolute atomic E-state index is 0.500. The highest BCUT2D eigenvalue weighted by molar-refractivity contribution is 9.10. The van der Waals surface area contributed by atoms with E-state index in [0.29, 0.717) is 5.71 Å². The number of halogens is 1. The Bertz CT molecular complexity index is 534. The number of rotatable bonds is 3. The maximum absolute atomic E-state index is 8.17. The van der Waals surface area contributed by atoms with Gasteiger partial charge in [0, 0.05) is 15.6 Å². The van der Waals surface area contributed by atoms with Crippen molar-refractivity contribution in [3.63, 3.8) is 0 Å². The molecule has 0 atom stereocenters. The van der Waals surface area contributed by atoms with Crippen LogP contribution in [0.2, 0.25) is 0 Å². The Morgan fingerprint density at radius 1 is 1.06 bits per heavy atom. The summed E-state index contributed by atoms with van der Waals surface area (Å²) in [6, 6.07) is 15.2. The molecule has 86 valence electrons. The van der Waals surface area contributed by atoms with Crippen molar-refractivity contribution in [2.75, 3.05) is 7.11 Å². The molecular weight excluding hydrogens is 278 g/mol. The van der Waals surface area contributed by atoms with Crippen molar-refractivity contribution in [2.24, 2.45) is 0 Å². The second-order valence-corrected chi connectivity index (χ2v) is 4.44. The van der Waals surface area contributed by atoms with Crippen LogP contribution in [0.3, 0.4) is 0 Å². The lowest BCUT2D eigenvalue weighted by molar-refractivity contribution is 0.415. The normalized spacial score (nSPS) is 10.0. The number of benzene rings is 2. The molecule has 17 heavy (non-hydrogen) atoms. The quantitative estimate of drug-likeness (QED) is 0.855. The third-order valence-corrected chi connectivity index (χ3v) is 3.21. The van der Waals surface area contributed by atoms with Crippen molar-refractivity contribution in [1.29, 1.82) is 5.41 Å². The molecule has 2 rings (SSSR count). The molecule has 0 fully saturated rings. The molecule has 2 aromatic carbocycles. The molecular formula is C14H12BrNO. The first-order valence-electron chi connectivity index (χ1n) is 5.20. The molecule has 3 heteroatoms. The van der Waals surface area contributed by atoms with Gasteiger partial charge in [0.15, 0.2) is 0 Å². The van der Waals surface area contributed by atoms with E-state index in [1.807, 2.05) is 48.5 Å². The maximum atomic E-state index is 8.17. The van der Waals surface area contributed by atoms with Gasteiger partial charge in [-0.3, -0.25) is 5.41 Å². The highest BCUT2D eigenvalue weighted by Crippen LogP contribution is 2.20. The topological polar surface area (TPSA) is 33.1 Å². The highest BCUT2D eigenvalue weighted by Gasteiger charge is 2.07. The van der Waals surface area contributed by atoms with Crippen LogP contribution in [0.25, 0.3) is 0 Å². The van der Waals surface area contributed by atoms with Crippen LogP contribution in [0.5, 0.6) is 5.75 Å². The summed E-state index contributed by atoms with van der Waals surface area (Å²) in [6.07, 6.45) is 0. The summed E-state index contributed by atoms with van der Waals surface area (Å²) in [6.45, 7) is 0. The summed E-state index contributed by atoms with van der Waals surface area (Å²) in [5.74, 6) is 0.800. The molecule has 0 aliphatic carbocycles. The van der Waals surface area contributed by atoms with Crippen LogP contribution < -0.4 is 4.74 Å². The van der Waals surface area contributed by atoms with Gasteiger partial charge < -0.3 is 4.74 Å². The fraction of sp³-hybridized carbons (Fsp3) is 0.0714. The van der Waals surface area contributed by atoms with Crippen molar-refractivity contribution in [1.82, 2.24) is 0 Å². The van der Waals surface area contributed by atoms with Crippen LogP contribution in [-0.2, 0) is 0 Å². The molecule has 0 heterocycles. The zero-order valence-electron chi connectivity index (χ0n) is 9.41. The first-order chi connectivity index (χ1) is 8.22. The number of methoxy groups -OCH3 is 1. The average molecular weight is 290 g/mol. The standard InChI is InChI=1S/C14H12BrNO/c1-17-11-8-6-10(7-9-11)14(16)12-4-2-3-5-13(12)15/h2-9,16H,1H3. The highest BCUT2D eigenvalue weighted by atomic mass is 79.9.